The molecule has 0 aliphatic carbocycles. The number of carboxylic acid groups (broad SMARTS) is 1. The number of likely N-dealkylation sites (tertiary alicyclic amines) is 1. The molecule has 5 nitrogen and oxygen atoms in total. The molecular formula is C13H24N2O3. The molecule has 1 aliphatic rings. The molecule has 1 rings (SSSR count). The second kappa shape index (κ2) is 6.73. The van der Waals surface area contributed by atoms with Crippen LogP contribution in [-0.4, -0.2) is 60.0 Å². The van der Waals surface area contributed by atoms with Crippen LogP contribution in [0.3, 0.4) is 0 Å². The fourth-order valence-corrected chi connectivity index (χ4v) is 2.52. The van der Waals surface area contributed by atoms with Crippen LogP contribution in [0.15, 0.2) is 0 Å². The SMILES string of the molecule is CCCCCN1CC(C(=O)N(C)C)CC1C(=O)O. The second-order valence-electron chi connectivity index (χ2n) is 5.22. The van der Waals surface area contributed by atoms with Crippen LogP contribution in [0.5, 0.6) is 0 Å². The lowest BCUT2D eigenvalue weighted by atomic mass is 10.0. The summed E-state index contributed by atoms with van der Waals surface area (Å²) in [5.41, 5.74) is 0. The Morgan fingerprint density at radius 2 is 2.00 bits per heavy atom. The molecule has 5 heteroatoms. The molecule has 1 heterocycles. The van der Waals surface area contributed by atoms with Gasteiger partial charge in [0.15, 0.2) is 0 Å². The minimum Gasteiger partial charge on any atom is -0.480 e. The standard InChI is InChI=1S/C13H24N2O3/c1-4-5-6-7-15-9-10(12(16)14(2)3)8-11(15)13(17)18/h10-11H,4-9H2,1-3H3,(H,17,18). The van der Waals surface area contributed by atoms with E-state index in [1.54, 1.807) is 19.0 Å². The van der Waals surface area contributed by atoms with Crippen LogP contribution in [0.25, 0.3) is 0 Å². The zero-order valence-corrected chi connectivity index (χ0v) is 11.6. The summed E-state index contributed by atoms with van der Waals surface area (Å²) < 4.78 is 0. The van der Waals surface area contributed by atoms with Gasteiger partial charge >= 0.3 is 5.97 Å². The van der Waals surface area contributed by atoms with Crippen molar-refractivity contribution in [3.8, 4) is 0 Å². The summed E-state index contributed by atoms with van der Waals surface area (Å²) in [4.78, 5) is 26.6. The minimum atomic E-state index is -0.805. The van der Waals surface area contributed by atoms with Crippen molar-refractivity contribution < 1.29 is 14.7 Å². The highest BCUT2D eigenvalue weighted by molar-refractivity contribution is 5.81. The third-order valence-corrected chi connectivity index (χ3v) is 3.53. The number of amides is 1. The Balaban J connectivity index is 2.59. The normalized spacial score (nSPS) is 24.2. The first-order valence-corrected chi connectivity index (χ1v) is 6.65. The molecule has 0 aromatic rings. The Labute approximate surface area is 109 Å². The van der Waals surface area contributed by atoms with Gasteiger partial charge in [-0.25, -0.2) is 0 Å². The van der Waals surface area contributed by atoms with E-state index in [4.69, 9.17) is 0 Å². The molecule has 1 fully saturated rings. The number of aliphatic carboxylic acids is 1. The summed E-state index contributed by atoms with van der Waals surface area (Å²) in [6.07, 6.45) is 3.67. The van der Waals surface area contributed by atoms with Crippen LogP contribution < -0.4 is 0 Å². The van der Waals surface area contributed by atoms with Gasteiger partial charge in [0.1, 0.15) is 6.04 Å². The summed E-state index contributed by atoms with van der Waals surface area (Å²) in [5, 5.41) is 9.21. The average Bonchev–Trinajstić information content (AvgIpc) is 2.72. The molecule has 1 aliphatic heterocycles. The predicted molar refractivity (Wildman–Crippen MR) is 69.3 cm³/mol. The molecule has 0 bridgehead atoms. The second-order valence-corrected chi connectivity index (χ2v) is 5.22. The van der Waals surface area contributed by atoms with Crippen molar-refractivity contribution in [3.63, 3.8) is 0 Å². The van der Waals surface area contributed by atoms with Gasteiger partial charge in [-0.2, -0.15) is 0 Å². The van der Waals surface area contributed by atoms with Crippen LogP contribution in [0.1, 0.15) is 32.6 Å². The number of hydrogen-bond donors (Lipinski definition) is 1. The van der Waals surface area contributed by atoms with Crippen molar-refractivity contribution in [2.24, 2.45) is 5.92 Å². The Bertz CT molecular complexity index is 305. The number of carbonyl (C=O) groups is 2. The third-order valence-electron chi connectivity index (χ3n) is 3.53. The van der Waals surface area contributed by atoms with Gasteiger partial charge in [0, 0.05) is 20.6 Å². The maximum absolute atomic E-state index is 11.9. The summed E-state index contributed by atoms with van der Waals surface area (Å²) >= 11 is 0. The van der Waals surface area contributed by atoms with Crippen molar-refractivity contribution in [3.05, 3.63) is 0 Å². The lowest BCUT2D eigenvalue weighted by Crippen LogP contribution is -2.36. The molecule has 104 valence electrons. The lowest BCUT2D eigenvalue weighted by Gasteiger charge is -2.20. The van der Waals surface area contributed by atoms with Crippen molar-refractivity contribution in [2.75, 3.05) is 27.2 Å². The Hall–Kier alpha value is -1.10. The molecular weight excluding hydrogens is 232 g/mol. The number of carbonyl (C=O) groups excluding carboxylic acids is 1. The number of rotatable bonds is 6. The van der Waals surface area contributed by atoms with Crippen molar-refractivity contribution in [2.45, 2.75) is 38.6 Å². The van der Waals surface area contributed by atoms with E-state index >= 15 is 0 Å². The van der Waals surface area contributed by atoms with E-state index in [9.17, 15) is 14.7 Å². The fourth-order valence-electron chi connectivity index (χ4n) is 2.52. The summed E-state index contributed by atoms with van der Waals surface area (Å²) in [6.45, 7) is 3.48. The fraction of sp³-hybridized carbons (Fsp3) is 0.846. The zero-order chi connectivity index (χ0) is 13.7. The first kappa shape index (κ1) is 15.0. The maximum atomic E-state index is 11.9. The van der Waals surface area contributed by atoms with E-state index in [1.807, 2.05) is 4.90 Å². The highest BCUT2D eigenvalue weighted by Crippen LogP contribution is 2.25. The summed E-state index contributed by atoms with van der Waals surface area (Å²) in [5.74, 6) is -0.928. The maximum Gasteiger partial charge on any atom is 0.320 e. The number of unbranched alkanes of at least 4 members (excludes halogenated alkanes) is 2. The third kappa shape index (κ3) is 3.70. The average molecular weight is 256 g/mol. The molecule has 18 heavy (non-hydrogen) atoms. The number of hydrogen-bond acceptors (Lipinski definition) is 3. The predicted octanol–water partition coefficient (Wildman–Crippen LogP) is 1.04. The van der Waals surface area contributed by atoms with E-state index in [2.05, 4.69) is 6.92 Å². The Morgan fingerprint density at radius 3 is 2.50 bits per heavy atom. The van der Waals surface area contributed by atoms with E-state index in [0.717, 1.165) is 25.8 Å². The largest absolute Gasteiger partial charge is 0.480 e. The van der Waals surface area contributed by atoms with Crippen LogP contribution in [0.2, 0.25) is 0 Å². The van der Waals surface area contributed by atoms with Gasteiger partial charge in [-0.3, -0.25) is 14.5 Å². The molecule has 0 saturated carbocycles. The van der Waals surface area contributed by atoms with Crippen molar-refractivity contribution >= 4 is 11.9 Å². The van der Waals surface area contributed by atoms with Gasteiger partial charge in [0.25, 0.3) is 0 Å². The highest BCUT2D eigenvalue weighted by Gasteiger charge is 2.39. The van der Waals surface area contributed by atoms with E-state index in [-0.39, 0.29) is 11.8 Å². The first-order chi connectivity index (χ1) is 8.47. The number of carboxylic acids is 1. The zero-order valence-electron chi connectivity index (χ0n) is 11.6. The Kier molecular flexibility index (Phi) is 5.59. The molecule has 0 spiro atoms. The highest BCUT2D eigenvalue weighted by atomic mass is 16.4. The number of nitrogens with zero attached hydrogens (tertiary/aromatic N) is 2. The smallest absolute Gasteiger partial charge is 0.320 e. The van der Waals surface area contributed by atoms with Crippen LogP contribution in [-0.2, 0) is 9.59 Å². The van der Waals surface area contributed by atoms with Gasteiger partial charge in [-0.05, 0) is 19.4 Å². The lowest BCUT2D eigenvalue weighted by molar-refractivity contribution is -0.142. The minimum absolute atomic E-state index is 0.0410. The van der Waals surface area contributed by atoms with Gasteiger partial charge < -0.3 is 10.0 Å². The molecule has 1 saturated heterocycles. The first-order valence-electron chi connectivity index (χ1n) is 6.65. The van der Waals surface area contributed by atoms with Crippen LogP contribution >= 0.6 is 0 Å². The molecule has 1 amide bonds. The molecule has 0 aromatic carbocycles. The molecule has 0 aromatic heterocycles. The van der Waals surface area contributed by atoms with E-state index < -0.39 is 12.0 Å². The van der Waals surface area contributed by atoms with Crippen molar-refractivity contribution in [1.29, 1.82) is 0 Å². The van der Waals surface area contributed by atoms with Crippen LogP contribution in [0.4, 0.5) is 0 Å². The van der Waals surface area contributed by atoms with Gasteiger partial charge in [-0.1, -0.05) is 19.8 Å². The van der Waals surface area contributed by atoms with Crippen molar-refractivity contribution in [1.82, 2.24) is 9.80 Å². The quantitative estimate of drug-likeness (QED) is 0.721. The van der Waals surface area contributed by atoms with E-state index in [1.165, 1.54) is 0 Å². The Morgan fingerprint density at radius 1 is 1.33 bits per heavy atom. The molecule has 0 radical (unpaired) electrons. The monoisotopic (exact) mass is 256 g/mol. The summed E-state index contributed by atoms with van der Waals surface area (Å²) in [6, 6.07) is -0.490. The molecule has 2 unspecified atom stereocenters. The molecule has 2 atom stereocenters. The van der Waals surface area contributed by atoms with Gasteiger partial charge in [-0.15, -0.1) is 0 Å². The molecule has 1 N–H and O–H groups in total. The van der Waals surface area contributed by atoms with Gasteiger partial charge in [0.2, 0.25) is 5.91 Å². The van der Waals surface area contributed by atoms with Crippen LogP contribution in [0, 0.1) is 5.92 Å². The topological polar surface area (TPSA) is 60.9 Å². The van der Waals surface area contributed by atoms with E-state index in [0.29, 0.717) is 13.0 Å². The summed E-state index contributed by atoms with van der Waals surface area (Å²) in [7, 11) is 3.44. The van der Waals surface area contributed by atoms with Gasteiger partial charge in [0.05, 0.1) is 5.92 Å².